The Morgan fingerprint density at radius 3 is 2.73 bits per heavy atom. The van der Waals surface area contributed by atoms with E-state index in [2.05, 4.69) is 10.6 Å². The van der Waals surface area contributed by atoms with Gasteiger partial charge in [0.25, 0.3) is 0 Å². The first-order valence-corrected chi connectivity index (χ1v) is 8.48. The summed E-state index contributed by atoms with van der Waals surface area (Å²) in [5, 5.41) is 6.75. The molecule has 1 saturated carbocycles. The SMILES string of the molecule is O=C(CC1CC2CCC(C1)N2)NC1CC1c1cccc(F)c1. The highest BCUT2D eigenvalue weighted by Gasteiger charge is 2.40. The van der Waals surface area contributed by atoms with Crippen molar-refractivity contribution in [2.75, 3.05) is 0 Å². The summed E-state index contributed by atoms with van der Waals surface area (Å²) in [7, 11) is 0. The number of amides is 1. The molecule has 118 valence electrons. The molecular formula is C18H23FN2O. The van der Waals surface area contributed by atoms with Crippen LogP contribution in [0.5, 0.6) is 0 Å². The van der Waals surface area contributed by atoms with Gasteiger partial charge in [-0.05, 0) is 55.7 Å². The topological polar surface area (TPSA) is 41.1 Å². The van der Waals surface area contributed by atoms with Crippen LogP contribution in [0.15, 0.2) is 24.3 Å². The molecule has 0 aromatic heterocycles. The molecule has 2 heterocycles. The number of benzene rings is 1. The van der Waals surface area contributed by atoms with Gasteiger partial charge in [-0.1, -0.05) is 12.1 Å². The first-order chi connectivity index (χ1) is 10.7. The smallest absolute Gasteiger partial charge is 0.220 e. The van der Waals surface area contributed by atoms with Gasteiger partial charge in [0.1, 0.15) is 5.82 Å². The number of hydrogen-bond donors (Lipinski definition) is 2. The van der Waals surface area contributed by atoms with E-state index in [1.807, 2.05) is 6.07 Å². The van der Waals surface area contributed by atoms with Crippen molar-refractivity contribution in [3.05, 3.63) is 35.6 Å². The van der Waals surface area contributed by atoms with Crippen LogP contribution in [-0.2, 0) is 4.79 Å². The van der Waals surface area contributed by atoms with Crippen LogP contribution in [0.4, 0.5) is 4.39 Å². The van der Waals surface area contributed by atoms with Crippen molar-refractivity contribution < 1.29 is 9.18 Å². The van der Waals surface area contributed by atoms with Crippen LogP contribution in [0.2, 0.25) is 0 Å². The van der Waals surface area contributed by atoms with Gasteiger partial charge in [-0.25, -0.2) is 4.39 Å². The standard InChI is InChI=1S/C18H23FN2O/c19-13-3-1-2-12(9-13)16-10-17(16)21-18(22)8-11-6-14-4-5-15(7-11)20-14/h1-3,9,11,14-17,20H,4-8,10H2,(H,21,22). The fourth-order valence-corrected chi connectivity index (χ4v) is 4.33. The predicted molar refractivity (Wildman–Crippen MR) is 83.0 cm³/mol. The van der Waals surface area contributed by atoms with E-state index in [0.29, 0.717) is 30.3 Å². The van der Waals surface area contributed by atoms with Crippen molar-refractivity contribution in [3.63, 3.8) is 0 Å². The zero-order chi connectivity index (χ0) is 15.1. The number of hydrogen-bond acceptors (Lipinski definition) is 2. The van der Waals surface area contributed by atoms with E-state index in [1.165, 1.54) is 18.9 Å². The molecule has 1 aromatic carbocycles. The van der Waals surface area contributed by atoms with Crippen molar-refractivity contribution in [1.29, 1.82) is 0 Å². The van der Waals surface area contributed by atoms with E-state index in [4.69, 9.17) is 0 Å². The van der Waals surface area contributed by atoms with Crippen molar-refractivity contribution in [2.24, 2.45) is 5.92 Å². The first kappa shape index (κ1) is 14.2. The van der Waals surface area contributed by atoms with E-state index in [0.717, 1.165) is 24.8 Å². The highest BCUT2D eigenvalue weighted by molar-refractivity contribution is 5.77. The van der Waals surface area contributed by atoms with E-state index in [9.17, 15) is 9.18 Å². The fraction of sp³-hybridized carbons (Fsp3) is 0.611. The van der Waals surface area contributed by atoms with Crippen LogP contribution >= 0.6 is 0 Å². The molecule has 0 radical (unpaired) electrons. The van der Waals surface area contributed by atoms with Crippen LogP contribution in [0, 0.1) is 11.7 Å². The number of carbonyl (C=O) groups is 1. The average Bonchev–Trinajstić information content (AvgIpc) is 3.15. The molecule has 2 saturated heterocycles. The second-order valence-corrected chi connectivity index (χ2v) is 7.25. The Hall–Kier alpha value is -1.42. The molecule has 3 nitrogen and oxygen atoms in total. The van der Waals surface area contributed by atoms with Gasteiger partial charge >= 0.3 is 0 Å². The summed E-state index contributed by atoms with van der Waals surface area (Å²) in [4.78, 5) is 12.2. The van der Waals surface area contributed by atoms with Gasteiger partial charge in [-0.3, -0.25) is 4.79 Å². The number of carbonyl (C=O) groups excluding carboxylic acids is 1. The average molecular weight is 302 g/mol. The van der Waals surface area contributed by atoms with Crippen molar-refractivity contribution >= 4 is 5.91 Å². The minimum absolute atomic E-state index is 0.176. The lowest BCUT2D eigenvalue weighted by Crippen LogP contribution is -2.40. The van der Waals surface area contributed by atoms with Crippen LogP contribution < -0.4 is 10.6 Å². The Morgan fingerprint density at radius 1 is 1.23 bits per heavy atom. The summed E-state index contributed by atoms with van der Waals surface area (Å²) < 4.78 is 13.2. The van der Waals surface area contributed by atoms with Gasteiger partial charge in [0, 0.05) is 30.5 Å². The lowest BCUT2D eigenvalue weighted by Gasteiger charge is -2.28. The molecule has 1 aliphatic carbocycles. The molecule has 0 spiro atoms. The Balaban J connectivity index is 1.27. The summed E-state index contributed by atoms with van der Waals surface area (Å²) in [5.74, 6) is 0.809. The van der Waals surface area contributed by atoms with Gasteiger partial charge in [0.15, 0.2) is 0 Å². The lowest BCUT2D eigenvalue weighted by molar-refractivity contribution is -0.122. The summed E-state index contributed by atoms with van der Waals surface area (Å²) in [6.07, 6.45) is 6.41. The quantitative estimate of drug-likeness (QED) is 0.898. The Kier molecular flexibility index (Phi) is 3.65. The van der Waals surface area contributed by atoms with Crippen LogP contribution in [-0.4, -0.2) is 24.0 Å². The van der Waals surface area contributed by atoms with Crippen LogP contribution in [0.3, 0.4) is 0 Å². The van der Waals surface area contributed by atoms with Crippen molar-refractivity contribution in [1.82, 2.24) is 10.6 Å². The number of piperidine rings is 1. The minimum atomic E-state index is -0.195. The molecular weight excluding hydrogens is 279 g/mol. The Labute approximate surface area is 130 Å². The zero-order valence-electron chi connectivity index (χ0n) is 12.7. The molecule has 4 rings (SSSR count). The molecule has 22 heavy (non-hydrogen) atoms. The zero-order valence-corrected chi connectivity index (χ0v) is 12.7. The molecule has 3 fully saturated rings. The Morgan fingerprint density at radius 2 is 2.00 bits per heavy atom. The number of rotatable bonds is 4. The normalized spacial score (nSPS) is 36.1. The molecule has 1 aromatic rings. The maximum Gasteiger partial charge on any atom is 0.220 e. The third kappa shape index (κ3) is 3.02. The van der Waals surface area contributed by atoms with Crippen LogP contribution in [0.1, 0.15) is 50.0 Å². The van der Waals surface area contributed by atoms with Gasteiger partial charge in [0.05, 0.1) is 0 Å². The van der Waals surface area contributed by atoms with Gasteiger partial charge < -0.3 is 10.6 Å². The molecule has 4 atom stereocenters. The lowest BCUT2D eigenvalue weighted by atomic mass is 9.89. The molecule has 2 bridgehead atoms. The predicted octanol–water partition coefficient (Wildman–Crippen LogP) is 2.72. The highest BCUT2D eigenvalue weighted by Crippen LogP contribution is 2.41. The Bertz CT molecular complexity index is 564. The third-order valence-corrected chi connectivity index (χ3v) is 5.46. The van der Waals surface area contributed by atoms with E-state index in [-0.39, 0.29) is 17.8 Å². The summed E-state index contributed by atoms with van der Waals surface area (Å²) >= 11 is 0. The second-order valence-electron chi connectivity index (χ2n) is 7.25. The van der Waals surface area contributed by atoms with E-state index >= 15 is 0 Å². The van der Waals surface area contributed by atoms with Gasteiger partial charge in [-0.15, -0.1) is 0 Å². The largest absolute Gasteiger partial charge is 0.353 e. The number of nitrogens with one attached hydrogen (secondary N) is 2. The van der Waals surface area contributed by atoms with Gasteiger partial charge in [0.2, 0.25) is 5.91 Å². The van der Waals surface area contributed by atoms with Crippen LogP contribution in [0.25, 0.3) is 0 Å². The second kappa shape index (κ2) is 5.65. The molecule has 4 heteroatoms. The fourth-order valence-electron chi connectivity index (χ4n) is 4.33. The number of fused-ring (bicyclic) bond motifs is 2. The maximum absolute atomic E-state index is 13.2. The first-order valence-electron chi connectivity index (χ1n) is 8.48. The number of halogens is 1. The summed E-state index contributed by atoms with van der Waals surface area (Å²) in [5.41, 5.74) is 1.00. The summed E-state index contributed by atoms with van der Waals surface area (Å²) in [6.45, 7) is 0. The molecule has 3 aliphatic rings. The monoisotopic (exact) mass is 302 g/mol. The highest BCUT2D eigenvalue weighted by atomic mass is 19.1. The van der Waals surface area contributed by atoms with E-state index in [1.54, 1.807) is 12.1 Å². The molecule has 1 amide bonds. The maximum atomic E-state index is 13.2. The molecule has 2 N–H and O–H groups in total. The van der Waals surface area contributed by atoms with Crippen molar-refractivity contribution in [3.8, 4) is 0 Å². The van der Waals surface area contributed by atoms with Gasteiger partial charge in [-0.2, -0.15) is 0 Å². The molecule has 2 aliphatic heterocycles. The third-order valence-electron chi connectivity index (χ3n) is 5.46. The minimum Gasteiger partial charge on any atom is -0.353 e. The summed E-state index contributed by atoms with van der Waals surface area (Å²) in [6, 6.07) is 8.21. The van der Waals surface area contributed by atoms with E-state index < -0.39 is 0 Å². The van der Waals surface area contributed by atoms with Crippen molar-refractivity contribution in [2.45, 2.75) is 62.6 Å². The molecule has 4 unspecified atom stereocenters.